The van der Waals surface area contributed by atoms with Gasteiger partial charge in [-0.2, -0.15) is 0 Å². The molecule has 7 heteroatoms. The number of nitrogens with one attached hydrogen (secondary N) is 1. The standard InChI is InChI=1S/C19H31N3O3S/c1-21(2)14-12-20-19(23)18-11-6-13-22(16-18)26(24,25)15-7-10-17-8-4-3-5-9-17/h3-5,8-9,18H,6-7,10-16H2,1-2H3,(H,20,23). The highest BCUT2D eigenvalue weighted by atomic mass is 32.2. The lowest BCUT2D eigenvalue weighted by atomic mass is 9.99. The largest absolute Gasteiger partial charge is 0.355 e. The molecular formula is C19H31N3O3S. The van der Waals surface area contributed by atoms with Crippen molar-refractivity contribution in [2.75, 3.05) is 46.0 Å². The maximum absolute atomic E-state index is 12.6. The summed E-state index contributed by atoms with van der Waals surface area (Å²) in [7, 11) is 0.601. The number of aryl methyl sites for hydroxylation is 1. The highest BCUT2D eigenvalue weighted by Crippen LogP contribution is 2.20. The van der Waals surface area contributed by atoms with Crippen LogP contribution >= 0.6 is 0 Å². The molecule has 1 fully saturated rings. The van der Waals surface area contributed by atoms with E-state index in [0.717, 1.165) is 31.4 Å². The number of likely N-dealkylation sites (N-methyl/N-ethyl adjacent to an activating group) is 1. The Bertz CT molecular complexity index is 662. The monoisotopic (exact) mass is 381 g/mol. The normalized spacial score (nSPS) is 18.8. The summed E-state index contributed by atoms with van der Waals surface area (Å²) >= 11 is 0. The molecule has 2 rings (SSSR count). The van der Waals surface area contributed by atoms with E-state index in [1.807, 2.05) is 49.3 Å². The fourth-order valence-electron chi connectivity index (χ4n) is 3.19. The molecule has 6 nitrogen and oxygen atoms in total. The van der Waals surface area contributed by atoms with Crippen LogP contribution in [0.2, 0.25) is 0 Å². The Morgan fingerprint density at radius 1 is 1.27 bits per heavy atom. The zero-order valence-electron chi connectivity index (χ0n) is 15.9. The van der Waals surface area contributed by atoms with Crippen molar-refractivity contribution in [3.05, 3.63) is 35.9 Å². The van der Waals surface area contributed by atoms with Crippen LogP contribution in [-0.4, -0.2) is 69.6 Å². The van der Waals surface area contributed by atoms with E-state index in [4.69, 9.17) is 0 Å². The molecule has 1 aromatic carbocycles. The molecule has 1 N–H and O–H groups in total. The highest BCUT2D eigenvalue weighted by molar-refractivity contribution is 7.89. The Kier molecular flexibility index (Phi) is 8.06. The number of sulfonamides is 1. The van der Waals surface area contributed by atoms with E-state index in [-0.39, 0.29) is 17.6 Å². The van der Waals surface area contributed by atoms with Gasteiger partial charge in [0.1, 0.15) is 0 Å². The van der Waals surface area contributed by atoms with Crippen LogP contribution in [0.25, 0.3) is 0 Å². The second kappa shape index (κ2) is 10.0. The summed E-state index contributed by atoms with van der Waals surface area (Å²) in [5.74, 6) is -0.137. The third-order valence-electron chi connectivity index (χ3n) is 4.72. The van der Waals surface area contributed by atoms with Crippen LogP contribution in [0.1, 0.15) is 24.8 Å². The lowest BCUT2D eigenvalue weighted by Crippen LogP contribution is -2.46. The molecule has 1 aliphatic heterocycles. The van der Waals surface area contributed by atoms with Gasteiger partial charge in [-0.3, -0.25) is 4.79 Å². The smallest absolute Gasteiger partial charge is 0.224 e. The van der Waals surface area contributed by atoms with Crippen LogP contribution in [-0.2, 0) is 21.2 Å². The summed E-state index contributed by atoms with van der Waals surface area (Å²) in [6.07, 6.45) is 2.85. The first-order chi connectivity index (χ1) is 12.4. The van der Waals surface area contributed by atoms with Gasteiger partial charge in [0.25, 0.3) is 0 Å². The molecule has 1 atom stereocenters. The minimum Gasteiger partial charge on any atom is -0.355 e. The van der Waals surface area contributed by atoms with Gasteiger partial charge in [0, 0.05) is 26.2 Å². The van der Waals surface area contributed by atoms with E-state index in [9.17, 15) is 13.2 Å². The Balaban J connectivity index is 1.81. The van der Waals surface area contributed by atoms with E-state index in [1.165, 1.54) is 4.31 Å². The summed E-state index contributed by atoms with van der Waals surface area (Å²) in [5, 5.41) is 2.92. The number of piperidine rings is 1. The van der Waals surface area contributed by atoms with Crippen molar-refractivity contribution < 1.29 is 13.2 Å². The molecule has 1 heterocycles. The first-order valence-corrected chi connectivity index (χ1v) is 10.9. The lowest BCUT2D eigenvalue weighted by molar-refractivity contribution is -0.126. The Morgan fingerprint density at radius 3 is 2.69 bits per heavy atom. The van der Waals surface area contributed by atoms with Gasteiger partial charge in [-0.1, -0.05) is 30.3 Å². The van der Waals surface area contributed by atoms with E-state index in [2.05, 4.69) is 5.32 Å². The fraction of sp³-hybridized carbons (Fsp3) is 0.632. The van der Waals surface area contributed by atoms with Crippen molar-refractivity contribution in [1.29, 1.82) is 0 Å². The Labute approximate surface area is 157 Å². The van der Waals surface area contributed by atoms with Gasteiger partial charge in [0.05, 0.1) is 11.7 Å². The van der Waals surface area contributed by atoms with Gasteiger partial charge >= 0.3 is 0 Å². The average molecular weight is 382 g/mol. The number of benzene rings is 1. The molecule has 26 heavy (non-hydrogen) atoms. The summed E-state index contributed by atoms with van der Waals surface area (Å²) in [6.45, 7) is 2.20. The first-order valence-electron chi connectivity index (χ1n) is 9.32. The molecule has 0 bridgehead atoms. The number of amides is 1. The van der Waals surface area contributed by atoms with Gasteiger partial charge in [-0.15, -0.1) is 0 Å². The Hall–Kier alpha value is -1.44. The predicted octanol–water partition coefficient (Wildman–Crippen LogP) is 1.34. The van der Waals surface area contributed by atoms with Crippen molar-refractivity contribution in [1.82, 2.24) is 14.5 Å². The molecule has 0 radical (unpaired) electrons. The number of carbonyl (C=O) groups is 1. The molecule has 0 spiro atoms. The van der Waals surface area contributed by atoms with Crippen LogP contribution in [0, 0.1) is 5.92 Å². The second-order valence-electron chi connectivity index (χ2n) is 7.20. The number of hydrogen-bond donors (Lipinski definition) is 1. The van der Waals surface area contributed by atoms with Gasteiger partial charge in [-0.25, -0.2) is 12.7 Å². The lowest BCUT2D eigenvalue weighted by Gasteiger charge is -2.31. The molecule has 146 valence electrons. The number of rotatable bonds is 9. The van der Waals surface area contributed by atoms with Crippen molar-refractivity contribution in [2.24, 2.45) is 5.92 Å². The van der Waals surface area contributed by atoms with Gasteiger partial charge < -0.3 is 10.2 Å². The molecule has 1 aromatic rings. The average Bonchev–Trinajstić information content (AvgIpc) is 2.62. The van der Waals surface area contributed by atoms with E-state index >= 15 is 0 Å². The van der Waals surface area contributed by atoms with Crippen molar-refractivity contribution in [3.63, 3.8) is 0 Å². The van der Waals surface area contributed by atoms with Crippen LogP contribution in [0.4, 0.5) is 0 Å². The minimum absolute atomic E-state index is 0.0314. The van der Waals surface area contributed by atoms with E-state index in [0.29, 0.717) is 26.1 Å². The minimum atomic E-state index is -3.31. The number of nitrogens with zero attached hydrogens (tertiary/aromatic N) is 2. The molecule has 1 saturated heterocycles. The van der Waals surface area contributed by atoms with Crippen molar-refractivity contribution >= 4 is 15.9 Å². The van der Waals surface area contributed by atoms with Gasteiger partial charge in [0.2, 0.25) is 15.9 Å². The van der Waals surface area contributed by atoms with Crippen molar-refractivity contribution in [3.8, 4) is 0 Å². The van der Waals surface area contributed by atoms with Crippen LogP contribution in [0.5, 0.6) is 0 Å². The molecule has 1 aliphatic rings. The third kappa shape index (κ3) is 6.70. The summed E-state index contributed by atoms with van der Waals surface area (Å²) in [6, 6.07) is 9.92. The predicted molar refractivity (Wildman–Crippen MR) is 104 cm³/mol. The topological polar surface area (TPSA) is 69.7 Å². The molecule has 1 amide bonds. The zero-order chi connectivity index (χ0) is 19.0. The van der Waals surface area contributed by atoms with E-state index in [1.54, 1.807) is 0 Å². The van der Waals surface area contributed by atoms with Crippen LogP contribution in [0.3, 0.4) is 0 Å². The highest BCUT2D eigenvalue weighted by Gasteiger charge is 2.31. The summed E-state index contributed by atoms with van der Waals surface area (Å²) < 4.78 is 26.8. The van der Waals surface area contributed by atoms with E-state index < -0.39 is 10.0 Å². The molecule has 0 saturated carbocycles. The first kappa shape index (κ1) is 20.9. The maximum atomic E-state index is 12.6. The number of hydrogen-bond acceptors (Lipinski definition) is 4. The van der Waals surface area contributed by atoms with Gasteiger partial charge in [0.15, 0.2) is 0 Å². The summed E-state index contributed by atoms with van der Waals surface area (Å²) in [4.78, 5) is 14.3. The fourth-order valence-corrected chi connectivity index (χ4v) is 4.77. The van der Waals surface area contributed by atoms with Crippen LogP contribution < -0.4 is 5.32 Å². The maximum Gasteiger partial charge on any atom is 0.224 e. The SMILES string of the molecule is CN(C)CCNC(=O)C1CCCN(S(=O)(=O)CCCc2ccccc2)C1. The van der Waals surface area contributed by atoms with Crippen LogP contribution in [0.15, 0.2) is 30.3 Å². The van der Waals surface area contributed by atoms with Gasteiger partial charge in [-0.05, 0) is 45.3 Å². The molecule has 0 aliphatic carbocycles. The number of carbonyl (C=O) groups excluding carboxylic acids is 1. The molecule has 0 aromatic heterocycles. The molecule has 1 unspecified atom stereocenters. The molecular weight excluding hydrogens is 350 g/mol. The summed E-state index contributed by atoms with van der Waals surface area (Å²) in [5.41, 5.74) is 1.15. The van der Waals surface area contributed by atoms with Crippen molar-refractivity contribution in [2.45, 2.75) is 25.7 Å². The quantitative estimate of drug-likeness (QED) is 0.701. The Morgan fingerprint density at radius 2 is 2.00 bits per heavy atom. The second-order valence-corrected chi connectivity index (χ2v) is 9.29. The third-order valence-corrected chi connectivity index (χ3v) is 6.64. The zero-order valence-corrected chi connectivity index (χ0v) is 16.7.